The summed E-state index contributed by atoms with van der Waals surface area (Å²) < 4.78 is 5.68. The number of hydrogen-bond acceptors (Lipinski definition) is 4. The fourth-order valence-corrected chi connectivity index (χ4v) is 4.81. The van der Waals surface area contributed by atoms with E-state index >= 15 is 0 Å². The highest BCUT2D eigenvalue weighted by atomic mass is 32.2. The summed E-state index contributed by atoms with van der Waals surface area (Å²) in [5.74, 6) is 1.27. The lowest BCUT2D eigenvalue weighted by atomic mass is 10.1. The first kappa shape index (κ1) is 22.0. The van der Waals surface area contributed by atoms with Gasteiger partial charge in [0.25, 0.3) is 5.91 Å². The zero-order chi connectivity index (χ0) is 22.3. The van der Waals surface area contributed by atoms with Gasteiger partial charge in [0.05, 0.1) is 12.3 Å². The van der Waals surface area contributed by atoms with Crippen LogP contribution in [0, 0.1) is 6.92 Å². The highest BCUT2D eigenvalue weighted by Crippen LogP contribution is 2.39. The SMILES string of the molecule is Cc1cccc(OCCNC(=O)c2ccc(C3SCC(=O)N3Cc3ccccc3)cc2)c1. The summed E-state index contributed by atoms with van der Waals surface area (Å²) in [5.41, 5.74) is 3.86. The monoisotopic (exact) mass is 446 g/mol. The molecule has 1 heterocycles. The molecule has 4 rings (SSSR count). The second kappa shape index (κ2) is 10.4. The van der Waals surface area contributed by atoms with Crippen molar-refractivity contribution in [1.82, 2.24) is 10.2 Å². The van der Waals surface area contributed by atoms with Gasteiger partial charge in [-0.2, -0.15) is 0 Å². The molecule has 1 aliphatic heterocycles. The number of thioether (sulfide) groups is 1. The van der Waals surface area contributed by atoms with E-state index in [1.165, 1.54) is 0 Å². The lowest BCUT2D eigenvalue weighted by molar-refractivity contribution is -0.128. The molecular formula is C26H26N2O3S. The third kappa shape index (κ3) is 5.51. The van der Waals surface area contributed by atoms with Crippen LogP contribution in [-0.2, 0) is 11.3 Å². The van der Waals surface area contributed by atoms with Gasteiger partial charge in [-0.05, 0) is 47.9 Å². The first-order valence-corrected chi connectivity index (χ1v) is 11.7. The Morgan fingerprint density at radius 3 is 2.59 bits per heavy atom. The Labute approximate surface area is 192 Å². The van der Waals surface area contributed by atoms with Gasteiger partial charge in [0, 0.05) is 12.1 Å². The lowest BCUT2D eigenvalue weighted by Gasteiger charge is -2.24. The van der Waals surface area contributed by atoms with Gasteiger partial charge in [-0.3, -0.25) is 9.59 Å². The van der Waals surface area contributed by atoms with E-state index in [-0.39, 0.29) is 17.2 Å². The molecule has 1 saturated heterocycles. The molecule has 1 unspecified atom stereocenters. The van der Waals surface area contributed by atoms with E-state index in [1.807, 2.05) is 90.7 Å². The number of aryl methyl sites for hydroxylation is 1. The maximum atomic E-state index is 12.5. The number of benzene rings is 3. The molecule has 0 bridgehead atoms. The number of rotatable bonds is 8. The van der Waals surface area contributed by atoms with Gasteiger partial charge < -0.3 is 15.0 Å². The molecule has 0 aliphatic carbocycles. The molecule has 0 aromatic heterocycles. The van der Waals surface area contributed by atoms with Crippen LogP contribution < -0.4 is 10.1 Å². The van der Waals surface area contributed by atoms with Gasteiger partial charge >= 0.3 is 0 Å². The molecule has 5 nitrogen and oxygen atoms in total. The molecule has 3 aromatic rings. The summed E-state index contributed by atoms with van der Waals surface area (Å²) in [6.45, 7) is 3.43. The van der Waals surface area contributed by atoms with E-state index < -0.39 is 0 Å². The fourth-order valence-electron chi connectivity index (χ4n) is 3.62. The molecule has 1 aliphatic rings. The predicted molar refractivity (Wildman–Crippen MR) is 128 cm³/mol. The molecule has 1 fully saturated rings. The average Bonchev–Trinajstić information content (AvgIpc) is 3.17. The predicted octanol–water partition coefficient (Wildman–Crippen LogP) is 4.58. The molecule has 3 aromatic carbocycles. The molecule has 0 spiro atoms. The van der Waals surface area contributed by atoms with Crippen molar-refractivity contribution < 1.29 is 14.3 Å². The zero-order valence-corrected chi connectivity index (χ0v) is 18.8. The molecular weight excluding hydrogens is 420 g/mol. The summed E-state index contributed by atoms with van der Waals surface area (Å²) in [4.78, 5) is 26.8. The second-order valence-electron chi connectivity index (χ2n) is 7.71. The highest BCUT2D eigenvalue weighted by Gasteiger charge is 2.32. The fraction of sp³-hybridized carbons (Fsp3) is 0.231. The molecule has 1 N–H and O–H groups in total. The number of amides is 2. The minimum absolute atomic E-state index is 0.0393. The third-order valence-electron chi connectivity index (χ3n) is 5.27. The van der Waals surface area contributed by atoms with Gasteiger partial charge in [0.2, 0.25) is 5.91 Å². The van der Waals surface area contributed by atoms with Gasteiger partial charge in [0.15, 0.2) is 0 Å². The van der Waals surface area contributed by atoms with Crippen LogP contribution in [0.2, 0.25) is 0 Å². The first-order chi connectivity index (χ1) is 15.6. The van der Waals surface area contributed by atoms with E-state index in [2.05, 4.69) is 5.32 Å². The molecule has 2 amide bonds. The average molecular weight is 447 g/mol. The Balaban J connectivity index is 1.31. The van der Waals surface area contributed by atoms with E-state index in [1.54, 1.807) is 11.8 Å². The highest BCUT2D eigenvalue weighted by molar-refractivity contribution is 8.00. The Morgan fingerprint density at radius 2 is 1.84 bits per heavy atom. The summed E-state index contributed by atoms with van der Waals surface area (Å²) in [7, 11) is 0. The number of carbonyl (C=O) groups is 2. The number of hydrogen-bond donors (Lipinski definition) is 1. The molecule has 1 atom stereocenters. The number of nitrogens with one attached hydrogen (secondary N) is 1. The van der Waals surface area contributed by atoms with Crippen LogP contribution >= 0.6 is 11.8 Å². The largest absolute Gasteiger partial charge is 0.492 e. The molecule has 0 saturated carbocycles. The van der Waals surface area contributed by atoms with E-state index in [0.717, 1.165) is 22.4 Å². The Kier molecular flexibility index (Phi) is 7.12. The number of nitrogens with zero attached hydrogens (tertiary/aromatic N) is 1. The minimum Gasteiger partial charge on any atom is -0.492 e. The molecule has 164 valence electrons. The van der Waals surface area contributed by atoms with E-state index in [9.17, 15) is 9.59 Å². The van der Waals surface area contributed by atoms with Crippen molar-refractivity contribution in [1.29, 1.82) is 0 Å². The van der Waals surface area contributed by atoms with Crippen LogP contribution in [0.1, 0.15) is 32.4 Å². The molecule has 0 radical (unpaired) electrons. The van der Waals surface area contributed by atoms with Crippen molar-refractivity contribution in [3.8, 4) is 5.75 Å². The quantitative estimate of drug-likeness (QED) is 0.515. The Bertz CT molecular complexity index is 1070. The van der Waals surface area contributed by atoms with Crippen LogP contribution in [0.5, 0.6) is 5.75 Å². The van der Waals surface area contributed by atoms with Crippen LogP contribution in [0.25, 0.3) is 0 Å². The number of carbonyl (C=O) groups excluding carboxylic acids is 2. The third-order valence-corrected chi connectivity index (χ3v) is 6.52. The summed E-state index contributed by atoms with van der Waals surface area (Å²) >= 11 is 1.62. The first-order valence-electron chi connectivity index (χ1n) is 10.6. The normalized spacial score (nSPS) is 15.6. The topological polar surface area (TPSA) is 58.6 Å². The Hall–Kier alpha value is -3.25. The van der Waals surface area contributed by atoms with Crippen molar-refractivity contribution in [3.63, 3.8) is 0 Å². The lowest BCUT2D eigenvalue weighted by Crippen LogP contribution is -2.28. The van der Waals surface area contributed by atoms with E-state index in [0.29, 0.717) is 31.0 Å². The summed E-state index contributed by atoms with van der Waals surface area (Å²) in [5, 5.41) is 2.85. The smallest absolute Gasteiger partial charge is 0.251 e. The van der Waals surface area contributed by atoms with Crippen LogP contribution in [-0.4, -0.2) is 35.6 Å². The Morgan fingerprint density at radius 1 is 1.06 bits per heavy atom. The van der Waals surface area contributed by atoms with Crippen molar-refractivity contribution in [3.05, 3.63) is 101 Å². The van der Waals surface area contributed by atoms with Gasteiger partial charge in [-0.15, -0.1) is 11.8 Å². The standard InChI is InChI=1S/C26H26N2O3S/c1-19-6-5-9-23(16-19)31-15-14-27-25(30)21-10-12-22(13-11-21)26-28(24(29)18-32-26)17-20-7-3-2-4-8-20/h2-13,16,26H,14-15,17-18H2,1H3,(H,27,30). The second-order valence-corrected chi connectivity index (χ2v) is 8.78. The van der Waals surface area contributed by atoms with Crippen molar-refractivity contribution in [2.24, 2.45) is 0 Å². The van der Waals surface area contributed by atoms with Crippen molar-refractivity contribution in [2.75, 3.05) is 18.9 Å². The number of ether oxygens (including phenoxy) is 1. The van der Waals surface area contributed by atoms with Gasteiger partial charge in [-0.1, -0.05) is 54.6 Å². The molecule has 32 heavy (non-hydrogen) atoms. The van der Waals surface area contributed by atoms with Gasteiger partial charge in [-0.25, -0.2) is 0 Å². The van der Waals surface area contributed by atoms with Crippen molar-refractivity contribution >= 4 is 23.6 Å². The minimum atomic E-state index is -0.138. The molecule has 6 heteroatoms. The van der Waals surface area contributed by atoms with E-state index in [4.69, 9.17) is 4.74 Å². The summed E-state index contributed by atoms with van der Waals surface area (Å²) in [6, 6.07) is 25.3. The zero-order valence-electron chi connectivity index (χ0n) is 18.0. The van der Waals surface area contributed by atoms with Crippen LogP contribution in [0.4, 0.5) is 0 Å². The maximum Gasteiger partial charge on any atom is 0.251 e. The van der Waals surface area contributed by atoms with Crippen LogP contribution in [0.3, 0.4) is 0 Å². The van der Waals surface area contributed by atoms with Crippen molar-refractivity contribution in [2.45, 2.75) is 18.8 Å². The van der Waals surface area contributed by atoms with Gasteiger partial charge in [0.1, 0.15) is 17.7 Å². The van der Waals surface area contributed by atoms with Crippen LogP contribution in [0.15, 0.2) is 78.9 Å². The summed E-state index contributed by atoms with van der Waals surface area (Å²) in [6.07, 6.45) is 0. The maximum absolute atomic E-state index is 12.5.